The molecule has 0 bridgehead atoms. The van der Waals surface area contributed by atoms with Crippen LogP contribution >= 0.6 is 0 Å². The quantitative estimate of drug-likeness (QED) is 0.145. The number of rotatable bonds is 11. The molecule has 49 heavy (non-hydrogen) atoms. The van der Waals surface area contributed by atoms with E-state index < -0.39 is 0 Å². The standard InChI is InChI=1S/C24H37N5O.C11H18O2.C2H6.C2H4.CH2O/c1-6-25-22-20(19(2)26-12-14-28-17-15-27(5)16-18-28)9-7-10-21(22)23(30)29-13-8-11-24(29,3)4;1-8(2)10(4)6-9(3)7-11(12)13-5;3*1-2/h6-7,9-10,25H,1,8,11-18H2,2-5H3;3,6-7H2,1-2,4-5H3;1-2H3;1-2H2;1H2. The summed E-state index contributed by atoms with van der Waals surface area (Å²) < 4.78 is 4.55. The molecular weight excluding hydrogens is 614 g/mol. The molecule has 276 valence electrons. The largest absolute Gasteiger partial charge is 0.469 e. The highest BCUT2D eigenvalue weighted by Crippen LogP contribution is 2.32. The van der Waals surface area contributed by atoms with Crippen molar-refractivity contribution < 1.29 is 19.1 Å². The number of aliphatic imine (C=N–C) groups is 1. The summed E-state index contributed by atoms with van der Waals surface area (Å²) in [6, 6.07) is 5.90. The maximum Gasteiger partial charge on any atom is 0.309 e. The van der Waals surface area contributed by atoms with Crippen LogP contribution < -0.4 is 5.32 Å². The van der Waals surface area contributed by atoms with E-state index in [-0.39, 0.29) is 17.4 Å². The van der Waals surface area contributed by atoms with Crippen LogP contribution in [0.15, 0.2) is 72.4 Å². The van der Waals surface area contributed by atoms with Crippen LogP contribution in [0, 0.1) is 0 Å². The molecule has 0 atom stereocenters. The Hall–Kier alpha value is -3.82. The molecular formula is C40H67N5O4. The number of likely N-dealkylation sites (tertiary alicyclic amines) is 1. The second-order valence-electron chi connectivity index (χ2n) is 12.5. The number of hydrogen-bond donors (Lipinski definition) is 1. The lowest BCUT2D eigenvalue weighted by Gasteiger charge is -2.32. The van der Waals surface area contributed by atoms with Gasteiger partial charge in [-0.25, -0.2) is 0 Å². The Kier molecular flexibility index (Phi) is 25.2. The molecule has 2 saturated heterocycles. The predicted molar refractivity (Wildman–Crippen MR) is 210 cm³/mol. The fourth-order valence-corrected chi connectivity index (χ4v) is 5.33. The Bertz CT molecular complexity index is 1220. The lowest BCUT2D eigenvalue weighted by molar-refractivity contribution is -0.139. The number of nitrogens with zero attached hydrogens (tertiary/aromatic N) is 4. The van der Waals surface area contributed by atoms with Crippen molar-refractivity contribution >= 4 is 30.1 Å². The zero-order valence-corrected chi connectivity index (χ0v) is 32.5. The second kappa shape index (κ2) is 26.1. The minimum atomic E-state index is -0.216. The van der Waals surface area contributed by atoms with E-state index in [9.17, 15) is 9.59 Å². The van der Waals surface area contributed by atoms with Gasteiger partial charge in [0.15, 0.2) is 0 Å². The molecule has 2 heterocycles. The Labute approximate surface area is 298 Å². The molecule has 2 fully saturated rings. The van der Waals surface area contributed by atoms with Crippen molar-refractivity contribution in [2.75, 3.05) is 65.3 Å². The van der Waals surface area contributed by atoms with Crippen molar-refractivity contribution in [3.63, 3.8) is 0 Å². The third kappa shape index (κ3) is 16.9. The summed E-state index contributed by atoms with van der Waals surface area (Å²) in [7, 11) is 3.56. The second-order valence-corrected chi connectivity index (χ2v) is 12.5. The Morgan fingerprint density at radius 2 is 1.55 bits per heavy atom. The lowest BCUT2D eigenvalue weighted by atomic mass is 9.99. The van der Waals surface area contributed by atoms with E-state index in [1.165, 1.54) is 18.3 Å². The first-order chi connectivity index (χ1) is 23.3. The number of allylic oxidation sites excluding steroid dienone is 2. The number of anilines is 1. The number of ether oxygens (including phenoxy) is 1. The van der Waals surface area contributed by atoms with Gasteiger partial charge in [0.1, 0.15) is 6.79 Å². The highest BCUT2D eigenvalue weighted by atomic mass is 16.5. The van der Waals surface area contributed by atoms with Gasteiger partial charge in [0.2, 0.25) is 0 Å². The van der Waals surface area contributed by atoms with Gasteiger partial charge in [-0.05, 0) is 80.1 Å². The SMILES string of the molecule is C=C.C=C(CC(=O)OC)CC(C)=C(C)C.C=CNc1c(C(=O)N2CCCC2(C)C)cccc1C(C)=NCCN1CCN(C)CC1.C=O.CC. The fourth-order valence-electron chi connectivity index (χ4n) is 5.33. The Morgan fingerprint density at radius 3 is 2.04 bits per heavy atom. The molecule has 2 aliphatic heterocycles. The van der Waals surface area contributed by atoms with Crippen LogP contribution in [0.5, 0.6) is 0 Å². The molecule has 1 amide bonds. The van der Waals surface area contributed by atoms with Crippen molar-refractivity contribution in [3.05, 3.63) is 78.6 Å². The van der Waals surface area contributed by atoms with Gasteiger partial charge in [0.05, 0.1) is 31.3 Å². The molecule has 0 aliphatic carbocycles. The van der Waals surface area contributed by atoms with Crippen molar-refractivity contribution in [2.45, 2.75) is 86.6 Å². The Balaban J connectivity index is 0. The summed E-state index contributed by atoms with van der Waals surface area (Å²) in [5, 5.41) is 3.22. The average molecular weight is 682 g/mol. The van der Waals surface area contributed by atoms with Crippen LogP contribution in [-0.4, -0.2) is 105 Å². The van der Waals surface area contributed by atoms with Crippen LogP contribution in [0.2, 0.25) is 0 Å². The molecule has 0 radical (unpaired) electrons. The zero-order valence-electron chi connectivity index (χ0n) is 32.5. The normalized spacial score (nSPS) is 15.2. The van der Waals surface area contributed by atoms with Crippen LogP contribution in [0.3, 0.4) is 0 Å². The van der Waals surface area contributed by atoms with E-state index in [2.05, 4.69) is 87.8 Å². The van der Waals surface area contributed by atoms with E-state index in [4.69, 9.17) is 9.79 Å². The zero-order chi connectivity index (χ0) is 38.2. The van der Waals surface area contributed by atoms with E-state index in [1.54, 1.807) is 6.20 Å². The van der Waals surface area contributed by atoms with Crippen LogP contribution in [0.4, 0.5) is 5.69 Å². The molecule has 2 aliphatic rings. The van der Waals surface area contributed by atoms with Crippen molar-refractivity contribution in [1.29, 1.82) is 0 Å². The number of piperazine rings is 1. The van der Waals surface area contributed by atoms with Crippen molar-refractivity contribution in [1.82, 2.24) is 14.7 Å². The number of nitrogens with one attached hydrogen (secondary N) is 1. The van der Waals surface area contributed by atoms with Crippen LogP contribution in [0.25, 0.3) is 0 Å². The highest BCUT2D eigenvalue weighted by Gasteiger charge is 2.36. The van der Waals surface area contributed by atoms with Gasteiger partial charge in [-0.3, -0.25) is 19.5 Å². The highest BCUT2D eigenvalue weighted by molar-refractivity contribution is 6.10. The van der Waals surface area contributed by atoms with Gasteiger partial charge in [0.25, 0.3) is 5.91 Å². The monoisotopic (exact) mass is 682 g/mol. The van der Waals surface area contributed by atoms with Gasteiger partial charge in [-0.15, -0.1) is 13.2 Å². The minimum Gasteiger partial charge on any atom is -0.469 e. The number of benzene rings is 1. The van der Waals surface area contributed by atoms with E-state index >= 15 is 0 Å². The molecule has 1 N–H and O–H groups in total. The fraction of sp³-hybridized carbons (Fsp3) is 0.550. The molecule has 1 aromatic carbocycles. The van der Waals surface area contributed by atoms with Crippen LogP contribution in [0.1, 0.15) is 97.0 Å². The van der Waals surface area contributed by atoms with E-state index in [1.807, 2.05) is 50.7 Å². The lowest BCUT2D eigenvalue weighted by Crippen LogP contribution is -2.45. The van der Waals surface area contributed by atoms with E-state index in [0.717, 1.165) is 87.6 Å². The summed E-state index contributed by atoms with van der Waals surface area (Å²) in [5.41, 5.74) is 6.77. The van der Waals surface area contributed by atoms with Gasteiger partial charge in [-0.1, -0.05) is 55.9 Å². The summed E-state index contributed by atoms with van der Waals surface area (Å²) in [4.78, 5) is 43.9. The summed E-state index contributed by atoms with van der Waals surface area (Å²) in [6.45, 7) is 39.1. The van der Waals surface area contributed by atoms with Gasteiger partial charge >= 0.3 is 5.97 Å². The van der Waals surface area contributed by atoms with Gasteiger partial charge in [-0.2, -0.15) is 0 Å². The molecule has 0 saturated carbocycles. The molecule has 1 aromatic rings. The molecule has 0 unspecified atom stereocenters. The first-order valence-electron chi connectivity index (χ1n) is 17.2. The molecule has 0 spiro atoms. The minimum absolute atomic E-state index is 0.0777. The predicted octanol–water partition coefficient (Wildman–Crippen LogP) is 7.81. The average Bonchev–Trinajstić information content (AvgIpc) is 3.46. The number of carbonyl (C=O) groups excluding carboxylic acids is 3. The number of amides is 1. The number of likely N-dealkylation sites (N-methyl/N-ethyl adjacent to an activating group) is 1. The number of esters is 1. The van der Waals surface area contributed by atoms with Gasteiger partial charge in [0, 0.05) is 56.1 Å². The third-order valence-corrected chi connectivity index (χ3v) is 8.43. The Morgan fingerprint density at radius 1 is 0.980 bits per heavy atom. The number of carbonyl (C=O) groups is 3. The summed E-state index contributed by atoms with van der Waals surface area (Å²) in [5.74, 6) is -0.138. The summed E-state index contributed by atoms with van der Waals surface area (Å²) in [6.07, 6.45) is 4.84. The maximum absolute atomic E-state index is 13.4. The van der Waals surface area contributed by atoms with Crippen molar-refractivity contribution in [2.24, 2.45) is 4.99 Å². The van der Waals surface area contributed by atoms with Crippen molar-refractivity contribution in [3.8, 4) is 0 Å². The first kappa shape index (κ1) is 47.3. The number of hydrogen-bond acceptors (Lipinski definition) is 8. The van der Waals surface area contributed by atoms with Crippen LogP contribution in [-0.2, 0) is 14.3 Å². The third-order valence-electron chi connectivity index (χ3n) is 8.43. The summed E-state index contributed by atoms with van der Waals surface area (Å²) >= 11 is 0. The van der Waals surface area contributed by atoms with Gasteiger partial charge < -0.3 is 24.6 Å². The topological polar surface area (TPSA) is 94.5 Å². The smallest absolute Gasteiger partial charge is 0.309 e. The maximum atomic E-state index is 13.4. The number of para-hydroxylation sites is 1. The van der Waals surface area contributed by atoms with E-state index in [0.29, 0.717) is 12.0 Å². The first-order valence-corrected chi connectivity index (χ1v) is 17.2. The molecule has 9 nitrogen and oxygen atoms in total. The molecule has 0 aromatic heterocycles. The molecule has 3 rings (SSSR count). The molecule has 9 heteroatoms. The number of methoxy groups -OCH3 is 1.